The molecule has 0 radical (unpaired) electrons. The van der Waals surface area contributed by atoms with Crippen molar-refractivity contribution in [2.75, 3.05) is 0 Å². The summed E-state index contributed by atoms with van der Waals surface area (Å²) in [6.45, 7) is 7.31. The first-order valence-corrected chi connectivity index (χ1v) is 9.30. The van der Waals surface area contributed by atoms with Gasteiger partial charge in [0.05, 0.1) is 11.2 Å². The Balaban J connectivity index is 1.79. The lowest BCUT2D eigenvalue weighted by atomic mass is 9.94. The molecule has 0 aliphatic carbocycles. The average molecular weight is 341 g/mol. The molecule has 2 aromatic carbocycles. The lowest BCUT2D eigenvalue weighted by molar-refractivity contribution is 0.0779. The lowest BCUT2D eigenvalue weighted by Gasteiger charge is -2.18. The summed E-state index contributed by atoms with van der Waals surface area (Å²) in [6, 6.07) is 16.6. The van der Waals surface area contributed by atoms with E-state index in [4.69, 9.17) is 0 Å². The molecular weight excluding hydrogens is 308 g/mol. The SMILES string of the molecule is CC(C)(O)c1cccc(CCCCCc2cccc(C(C)(C)O)c2)c1. The molecule has 0 aromatic heterocycles. The molecular formula is C23H32O2. The molecule has 2 nitrogen and oxygen atoms in total. The van der Waals surface area contributed by atoms with E-state index in [1.54, 1.807) is 0 Å². The zero-order valence-electron chi connectivity index (χ0n) is 16.0. The number of benzene rings is 2. The third-order valence-corrected chi connectivity index (χ3v) is 4.70. The Bertz CT molecular complexity index is 615. The number of hydrogen-bond donors (Lipinski definition) is 2. The van der Waals surface area contributed by atoms with Gasteiger partial charge in [-0.15, -0.1) is 0 Å². The molecule has 0 heterocycles. The third kappa shape index (κ3) is 6.30. The number of aliphatic hydroxyl groups is 2. The highest BCUT2D eigenvalue weighted by atomic mass is 16.3. The molecule has 2 heteroatoms. The lowest BCUT2D eigenvalue weighted by Crippen LogP contribution is -2.15. The van der Waals surface area contributed by atoms with E-state index >= 15 is 0 Å². The molecule has 2 aromatic rings. The summed E-state index contributed by atoms with van der Waals surface area (Å²) in [5.74, 6) is 0. The molecule has 0 saturated heterocycles. The van der Waals surface area contributed by atoms with Gasteiger partial charge >= 0.3 is 0 Å². The van der Waals surface area contributed by atoms with Crippen LogP contribution in [0, 0.1) is 0 Å². The summed E-state index contributed by atoms with van der Waals surface area (Å²) >= 11 is 0. The third-order valence-electron chi connectivity index (χ3n) is 4.70. The van der Waals surface area contributed by atoms with Crippen LogP contribution in [-0.4, -0.2) is 10.2 Å². The van der Waals surface area contributed by atoms with E-state index in [-0.39, 0.29) is 0 Å². The molecule has 0 spiro atoms. The highest BCUT2D eigenvalue weighted by Gasteiger charge is 2.16. The van der Waals surface area contributed by atoms with Gasteiger partial charge in [0.1, 0.15) is 0 Å². The Hall–Kier alpha value is -1.64. The highest BCUT2D eigenvalue weighted by Crippen LogP contribution is 2.22. The van der Waals surface area contributed by atoms with E-state index in [2.05, 4.69) is 24.3 Å². The van der Waals surface area contributed by atoms with Crippen molar-refractivity contribution in [1.82, 2.24) is 0 Å². The fraction of sp³-hybridized carbons (Fsp3) is 0.478. The minimum absolute atomic E-state index is 0.776. The Labute approximate surface area is 152 Å². The standard InChI is InChI=1S/C23H32O2/c1-22(2,24)20-14-8-12-18(16-20)10-6-5-7-11-19-13-9-15-21(17-19)23(3,4)25/h8-9,12-17,24-25H,5-7,10-11H2,1-4H3. The van der Waals surface area contributed by atoms with Gasteiger partial charge in [0.25, 0.3) is 0 Å². The van der Waals surface area contributed by atoms with E-state index < -0.39 is 11.2 Å². The maximum Gasteiger partial charge on any atom is 0.0840 e. The number of unbranched alkanes of at least 4 members (excludes halogenated alkanes) is 2. The molecule has 0 fully saturated rings. The predicted molar refractivity (Wildman–Crippen MR) is 105 cm³/mol. The van der Waals surface area contributed by atoms with Crippen molar-refractivity contribution in [3.63, 3.8) is 0 Å². The van der Waals surface area contributed by atoms with Crippen molar-refractivity contribution in [2.45, 2.75) is 71.0 Å². The van der Waals surface area contributed by atoms with E-state index in [0.29, 0.717) is 0 Å². The van der Waals surface area contributed by atoms with Gasteiger partial charge < -0.3 is 10.2 Å². The maximum atomic E-state index is 10.1. The van der Waals surface area contributed by atoms with Gasteiger partial charge in [-0.2, -0.15) is 0 Å². The van der Waals surface area contributed by atoms with Gasteiger partial charge in [0.2, 0.25) is 0 Å². The summed E-state index contributed by atoms with van der Waals surface area (Å²) in [4.78, 5) is 0. The first-order chi connectivity index (χ1) is 11.7. The van der Waals surface area contributed by atoms with Crippen LogP contribution in [0.1, 0.15) is 69.2 Å². The number of aryl methyl sites for hydroxylation is 2. The largest absolute Gasteiger partial charge is 0.386 e. The first kappa shape index (κ1) is 19.7. The topological polar surface area (TPSA) is 40.5 Å². The van der Waals surface area contributed by atoms with E-state index in [0.717, 1.165) is 36.8 Å². The van der Waals surface area contributed by atoms with Gasteiger partial charge in [-0.05, 0) is 75.6 Å². The van der Waals surface area contributed by atoms with Crippen LogP contribution in [0.15, 0.2) is 48.5 Å². The van der Waals surface area contributed by atoms with E-state index in [1.165, 1.54) is 17.5 Å². The smallest absolute Gasteiger partial charge is 0.0840 e. The molecule has 0 saturated carbocycles. The van der Waals surface area contributed by atoms with Crippen molar-refractivity contribution in [3.8, 4) is 0 Å². The molecule has 136 valence electrons. The zero-order chi connectivity index (χ0) is 18.5. The van der Waals surface area contributed by atoms with Crippen LogP contribution in [-0.2, 0) is 24.0 Å². The van der Waals surface area contributed by atoms with Gasteiger partial charge in [-0.25, -0.2) is 0 Å². The Kier molecular flexibility index (Phi) is 6.42. The average Bonchev–Trinajstić information content (AvgIpc) is 2.53. The summed E-state index contributed by atoms with van der Waals surface area (Å²) < 4.78 is 0. The van der Waals surface area contributed by atoms with Crippen molar-refractivity contribution in [2.24, 2.45) is 0 Å². The molecule has 0 atom stereocenters. The quantitative estimate of drug-likeness (QED) is 0.657. The second-order valence-corrected chi connectivity index (χ2v) is 8.08. The Morgan fingerprint density at radius 1 is 0.640 bits per heavy atom. The first-order valence-electron chi connectivity index (χ1n) is 9.30. The highest BCUT2D eigenvalue weighted by molar-refractivity contribution is 5.28. The van der Waals surface area contributed by atoms with Crippen LogP contribution < -0.4 is 0 Å². The summed E-state index contributed by atoms with van der Waals surface area (Å²) in [5, 5.41) is 20.2. The van der Waals surface area contributed by atoms with Crippen molar-refractivity contribution in [1.29, 1.82) is 0 Å². The van der Waals surface area contributed by atoms with Crippen LogP contribution >= 0.6 is 0 Å². The van der Waals surface area contributed by atoms with E-state index in [1.807, 2.05) is 52.0 Å². The summed E-state index contributed by atoms with van der Waals surface area (Å²) in [6.07, 6.45) is 5.59. The van der Waals surface area contributed by atoms with Crippen LogP contribution in [0.4, 0.5) is 0 Å². The normalized spacial score (nSPS) is 12.4. The number of hydrogen-bond acceptors (Lipinski definition) is 2. The van der Waals surface area contributed by atoms with Crippen molar-refractivity contribution < 1.29 is 10.2 Å². The minimum atomic E-state index is -0.776. The Morgan fingerprint density at radius 3 is 1.40 bits per heavy atom. The molecule has 25 heavy (non-hydrogen) atoms. The summed E-state index contributed by atoms with van der Waals surface area (Å²) in [7, 11) is 0. The van der Waals surface area contributed by atoms with Gasteiger partial charge in [0, 0.05) is 0 Å². The predicted octanol–water partition coefficient (Wildman–Crippen LogP) is 5.10. The molecule has 0 unspecified atom stereocenters. The van der Waals surface area contributed by atoms with Gasteiger partial charge in [-0.1, -0.05) is 55.0 Å². The second-order valence-electron chi connectivity index (χ2n) is 8.08. The Morgan fingerprint density at radius 2 is 1.04 bits per heavy atom. The van der Waals surface area contributed by atoms with Crippen LogP contribution in [0.5, 0.6) is 0 Å². The molecule has 0 amide bonds. The number of rotatable bonds is 8. The molecule has 0 aliphatic rings. The molecule has 0 bridgehead atoms. The van der Waals surface area contributed by atoms with Gasteiger partial charge in [-0.3, -0.25) is 0 Å². The van der Waals surface area contributed by atoms with Gasteiger partial charge in [0.15, 0.2) is 0 Å². The van der Waals surface area contributed by atoms with Crippen LogP contribution in [0.3, 0.4) is 0 Å². The fourth-order valence-corrected chi connectivity index (χ4v) is 3.05. The zero-order valence-corrected chi connectivity index (χ0v) is 16.0. The van der Waals surface area contributed by atoms with Crippen molar-refractivity contribution >= 4 is 0 Å². The monoisotopic (exact) mass is 340 g/mol. The molecule has 2 rings (SSSR count). The second kappa shape index (κ2) is 8.16. The molecule has 0 aliphatic heterocycles. The van der Waals surface area contributed by atoms with Crippen molar-refractivity contribution in [3.05, 3.63) is 70.8 Å². The fourth-order valence-electron chi connectivity index (χ4n) is 3.05. The van der Waals surface area contributed by atoms with Crippen LogP contribution in [0.2, 0.25) is 0 Å². The summed E-state index contributed by atoms with van der Waals surface area (Å²) in [5.41, 5.74) is 3.00. The maximum absolute atomic E-state index is 10.1. The molecule has 2 N–H and O–H groups in total. The minimum Gasteiger partial charge on any atom is -0.386 e. The van der Waals surface area contributed by atoms with Crippen LogP contribution in [0.25, 0.3) is 0 Å². The van der Waals surface area contributed by atoms with E-state index in [9.17, 15) is 10.2 Å².